The lowest BCUT2D eigenvalue weighted by Gasteiger charge is -2.33. The minimum atomic E-state index is 0.530. The Morgan fingerprint density at radius 3 is 2.80 bits per heavy atom. The van der Waals surface area contributed by atoms with Gasteiger partial charge in [-0.3, -0.25) is 0 Å². The molecule has 0 aromatic rings. The topological polar surface area (TPSA) is 21.3 Å². The van der Waals surface area contributed by atoms with Crippen LogP contribution in [0.3, 0.4) is 0 Å². The van der Waals surface area contributed by atoms with Crippen molar-refractivity contribution in [2.75, 3.05) is 13.2 Å². The third kappa shape index (κ3) is 3.46. The van der Waals surface area contributed by atoms with Gasteiger partial charge in [-0.15, -0.1) is 0 Å². The Kier molecular flexibility index (Phi) is 4.45. The highest BCUT2D eigenvalue weighted by molar-refractivity contribution is 4.79. The maximum atomic E-state index is 5.76. The van der Waals surface area contributed by atoms with Crippen LogP contribution in [0.25, 0.3) is 0 Å². The molecule has 2 nitrogen and oxygen atoms in total. The van der Waals surface area contributed by atoms with Gasteiger partial charge in [0.2, 0.25) is 0 Å². The van der Waals surface area contributed by atoms with E-state index in [-0.39, 0.29) is 0 Å². The lowest BCUT2D eigenvalue weighted by molar-refractivity contribution is -0.00422. The minimum Gasteiger partial charge on any atom is -0.378 e. The Balaban J connectivity index is 1.63. The Morgan fingerprint density at radius 2 is 2.13 bits per heavy atom. The lowest BCUT2D eigenvalue weighted by atomic mass is 9.85. The summed E-state index contributed by atoms with van der Waals surface area (Å²) >= 11 is 0. The summed E-state index contributed by atoms with van der Waals surface area (Å²) in [4.78, 5) is 0. The number of rotatable bonds is 5. The van der Waals surface area contributed by atoms with Crippen LogP contribution in [0.2, 0.25) is 0 Å². The SMILES string of the molecule is CCCC1CC(NCC2CCC2)CCO1. The van der Waals surface area contributed by atoms with Gasteiger partial charge in [-0.1, -0.05) is 19.8 Å². The third-order valence-electron chi connectivity index (χ3n) is 3.90. The van der Waals surface area contributed by atoms with E-state index in [2.05, 4.69) is 12.2 Å². The second kappa shape index (κ2) is 5.86. The van der Waals surface area contributed by atoms with Gasteiger partial charge < -0.3 is 10.1 Å². The lowest BCUT2D eigenvalue weighted by Crippen LogP contribution is -2.41. The van der Waals surface area contributed by atoms with E-state index in [9.17, 15) is 0 Å². The Morgan fingerprint density at radius 1 is 1.27 bits per heavy atom. The summed E-state index contributed by atoms with van der Waals surface area (Å²) in [6.07, 6.45) is 9.83. The summed E-state index contributed by atoms with van der Waals surface area (Å²) in [5, 5.41) is 3.73. The summed E-state index contributed by atoms with van der Waals surface area (Å²) in [5.74, 6) is 0.984. The fourth-order valence-corrected chi connectivity index (χ4v) is 2.62. The molecule has 2 rings (SSSR count). The molecule has 0 amide bonds. The van der Waals surface area contributed by atoms with Crippen molar-refractivity contribution in [2.45, 2.75) is 64.0 Å². The molecule has 1 aliphatic heterocycles. The van der Waals surface area contributed by atoms with Crippen molar-refractivity contribution in [1.29, 1.82) is 0 Å². The van der Waals surface area contributed by atoms with Crippen LogP contribution in [0.4, 0.5) is 0 Å². The molecule has 1 saturated heterocycles. The zero-order chi connectivity index (χ0) is 10.5. The molecular weight excluding hydrogens is 186 g/mol. The van der Waals surface area contributed by atoms with Crippen molar-refractivity contribution in [3.8, 4) is 0 Å². The molecule has 0 aromatic carbocycles. The highest BCUT2D eigenvalue weighted by atomic mass is 16.5. The maximum Gasteiger partial charge on any atom is 0.0589 e. The van der Waals surface area contributed by atoms with Gasteiger partial charge in [0.25, 0.3) is 0 Å². The number of hydrogen-bond acceptors (Lipinski definition) is 2. The van der Waals surface area contributed by atoms with Crippen molar-refractivity contribution < 1.29 is 4.74 Å². The molecule has 0 bridgehead atoms. The van der Waals surface area contributed by atoms with E-state index in [1.54, 1.807) is 0 Å². The van der Waals surface area contributed by atoms with E-state index in [0.717, 1.165) is 18.6 Å². The van der Waals surface area contributed by atoms with E-state index < -0.39 is 0 Å². The molecule has 1 saturated carbocycles. The van der Waals surface area contributed by atoms with Gasteiger partial charge in [0.15, 0.2) is 0 Å². The molecule has 0 spiro atoms. The molecule has 15 heavy (non-hydrogen) atoms. The molecule has 1 heterocycles. The van der Waals surface area contributed by atoms with E-state index in [4.69, 9.17) is 4.74 Å². The second-order valence-electron chi connectivity index (χ2n) is 5.21. The smallest absolute Gasteiger partial charge is 0.0589 e. The Bertz CT molecular complexity index is 177. The molecule has 0 radical (unpaired) electrons. The Hall–Kier alpha value is -0.0800. The molecule has 2 aliphatic rings. The fraction of sp³-hybridized carbons (Fsp3) is 1.00. The molecular formula is C13H25NO. The van der Waals surface area contributed by atoms with Gasteiger partial charge in [-0.25, -0.2) is 0 Å². The van der Waals surface area contributed by atoms with Crippen LogP contribution in [0, 0.1) is 5.92 Å². The zero-order valence-electron chi connectivity index (χ0n) is 10.0. The number of nitrogens with one attached hydrogen (secondary N) is 1. The summed E-state index contributed by atoms with van der Waals surface area (Å²) < 4.78 is 5.76. The van der Waals surface area contributed by atoms with Crippen LogP contribution in [0.5, 0.6) is 0 Å². The molecule has 1 N–H and O–H groups in total. The van der Waals surface area contributed by atoms with Crippen LogP contribution >= 0.6 is 0 Å². The van der Waals surface area contributed by atoms with Crippen molar-refractivity contribution >= 4 is 0 Å². The van der Waals surface area contributed by atoms with Crippen molar-refractivity contribution in [1.82, 2.24) is 5.32 Å². The largest absolute Gasteiger partial charge is 0.378 e. The summed E-state index contributed by atoms with van der Waals surface area (Å²) in [6.45, 7) is 4.46. The molecule has 1 aliphatic carbocycles. The van der Waals surface area contributed by atoms with E-state index in [0.29, 0.717) is 6.10 Å². The molecule has 0 aromatic heterocycles. The van der Waals surface area contributed by atoms with Crippen molar-refractivity contribution in [3.63, 3.8) is 0 Å². The minimum absolute atomic E-state index is 0.530. The average Bonchev–Trinajstić information content (AvgIpc) is 2.16. The molecule has 2 heteroatoms. The van der Waals surface area contributed by atoms with Crippen LogP contribution in [-0.2, 0) is 4.74 Å². The molecule has 88 valence electrons. The molecule has 2 atom stereocenters. The van der Waals surface area contributed by atoms with Gasteiger partial charge >= 0.3 is 0 Å². The monoisotopic (exact) mass is 211 g/mol. The van der Waals surface area contributed by atoms with Crippen LogP contribution in [0.1, 0.15) is 51.9 Å². The highest BCUT2D eigenvalue weighted by Crippen LogP contribution is 2.26. The highest BCUT2D eigenvalue weighted by Gasteiger charge is 2.23. The standard InChI is InChI=1S/C13H25NO/c1-2-4-13-9-12(7-8-15-13)14-10-11-5-3-6-11/h11-14H,2-10H2,1H3. The number of ether oxygens (including phenoxy) is 1. The van der Waals surface area contributed by atoms with Crippen LogP contribution in [-0.4, -0.2) is 25.3 Å². The van der Waals surface area contributed by atoms with E-state index in [1.165, 1.54) is 51.5 Å². The van der Waals surface area contributed by atoms with Gasteiger partial charge in [-0.2, -0.15) is 0 Å². The number of hydrogen-bond donors (Lipinski definition) is 1. The predicted molar refractivity (Wildman–Crippen MR) is 63.0 cm³/mol. The van der Waals surface area contributed by atoms with Gasteiger partial charge in [0.05, 0.1) is 6.10 Å². The quantitative estimate of drug-likeness (QED) is 0.755. The fourth-order valence-electron chi connectivity index (χ4n) is 2.62. The van der Waals surface area contributed by atoms with Crippen LogP contribution in [0.15, 0.2) is 0 Å². The van der Waals surface area contributed by atoms with Crippen LogP contribution < -0.4 is 5.32 Å². The first-order valence-electron chi connectivity index (χ1n) is 6.73. The third-order valence-corrected chi connectivity index (χ3v) is 3.90. The normalized spacial score (nSPS) is 32.6. The van der Waals surface area contributed by atoms with E-state index >= 15 is 0 Å². The summed E-state index contributed by atoms with van der Waals surface area (Å²) in [7, 11) is 0. The average molecular weight is 211 g/mol. The van der Waals surface area contributed by atoms with Crippen molar-refractivity contribution in [3.05, 3.63) is 0 Å². The summed E-state index contributed by atoms with van der Waals surface area (Å²) in [5.41, 5.74) is 0. The predicted octanol–water partition coefficient (Wildman–Crippen LogP) is 2.72. The zero-order valence-corrected chi connectivity index (χ0v) is 10.0. The van der Waals surface area contributed by atoms with Gasteiger partial charge in [-0.05, 0) is 44.6 Å². The van der Waals surface area contributed by atoms with E-state index in [1.807, 2.05) is 0 Å². The first-order chi connectivity index (χ1) is 7.38. The summed E-state index contributed by atoms with van der Waals surface area (Å²) in [6, 6.07) is 0.732. The molecule has 2 unspecified atom stereocenters. The molecule has 2 fully saturated rings. The Labute approximate surface area is 93.8 Å². The first-order valence-corrected chi connectivity index (χ1v) is 6.73. The van der Waals surface area contributed by atoms with Crippen molar-refractivity contribution in [2.24, 2.45) is 5.92 Å². The first kappa shape index (κ1) is 11.4. The van der Waals surface area contributed by atoms with Gasteiger partial charge in [0.1, 0.15) is 0 Å². The van der Waals surface area contributed by atoms with Gasteiger partial charge in [0, 0.05) is 12.6 Å². The second-order valence-corrected chi connectivity index (χ2v) is 5.21. The maximum absolute atomic E-state index is 5.76.